The maximum absolute atomic E-state index is 12.4. The van der Waals surface area contributed by atoms with Crippen molar-refractivity contribution in [2.75, 3.05) is 12.4 Å². The Morgan fingerprint density at radius 1 is 1.39 bits per heavy atom. The Balaban J connectivity index is 1.49. The van der Waals surface area contributed by atoms with Crippen LogP contribution in [0.3, 0.4) is 0 Å². The predicted molar refractivity (Wildman–Crippen MR) is 122 cm³/mol. The van der Waals surface area contributed by atoms with Crippen LogP contribution in [0.2, 0.25) is 5.28 Å². The number of aliphatic hydroxyl groups excluding tert-OH is 2. The quantitative estimate of drug-likeness (QED) is 0.280. The molecule has 162 valence electrons. The predicted octanol–water partition coefficient (Wildman–Crippen LogP) is 1.73. The van der Waals surface area contributed by atoms with Crippen molar-refractivity contribution in [2.24, 2.45) is 11.3 Å². The number of carbonyl (C=O) groups excluding carboxylic acids is 1. The summed E-state index contributed by atoms with van der Waals surface area (Å²) in [6, 6.07) is 7.54. The summed E-state index contributed by atoms with van der Waals surface area (Å²) < 4.78 is 2.83. The lowest BCUT2D eigenvalue weighted by Gasteiger charge is -2.23. The standard InChI is InChI=1S/C20H20ClIN6O3/c1-23-18(31)20-6-11(20)13(14(29)15(20)30)28-8-25-12-16(26-19(21)27-17(12)28)24-7-9-3-2-4-10(22)5-9/h2-5,8,11,13-15,29-30H,6-7H2,1H3,(H,23,31)(H,24,26,27)/t11-,13-,14+,15+,20+/m1/s1. The van der Waals surface area contributed by atoms with Crippen LogP contribution in [-0.4, -0.2) is 54.9 Å². The third-order valence-electron chi connectivity index (χ3n) is 6.39. The SMILES string of the molecule is CNC(=O)[C@@]12C[C@@H]1[C@@H](n1cnc3c(NCc4cccc(I)c4)nc(Cl)nc31)[C@H](O)[C@@H]2O. The molecule has 2 saturated carbocycles. The molecule has 2 heterocycles. The number of nitrogens with one attached hydrogen (secondary N) is 2. The van der Waals surface area contributed by atoms with E-state index in [9.17, 15) is 15.0 Å². The van der Waals surface area contributed by atoms with Crippen molar-refractivity contribution < 1.29 is 15.0 Å². The van der Waals surface area contributed by atoms with E-state index in [1.54, 1.807) is 10.9 Å². The van der Waals surface area contributed by atoms with Gasteiger partial charge in [0.2, 0.25) is 11.2 Å². The molecule has 2 aliphatic rings. The highest BCUT2D eigenvalue weighted by Crippen LogP contribution is 2.67. The van der Waals surface area contributed by atoms with Crippen LogP contribution in [0.15, 0.2) is 30.6 Å². The summed E-state index contributed by atoms with van der Waals surface area (Å²) in [5.41, 5.74) is 1.06. The number of fused-ring (bicyclic) bond motifs is 2. The van der Waals surface area contributed by atoms with E-state index in [0.29, 0.717) is 29.9 Å². The lowest BCUT2D eigenvalue weighted by Crippen LogP contribution is -2.41. The van der Waals surface area contributed by atoms with Crippen LogP contribution in [0.5, 0.6) is 0 Å². The lowest BCUT2D eigenvalue weighted by atomic mass is 9.98. The molecule has 1 aromatic carbocycles. The molecule has 3 aromatic rings. The second kappa shape index (κ2) is 7.54. The third kappa shape index (κ3) is 3.19. The van der Waals surface area contributed by atoms with Crippen molar-refractivity contribution in [2.45, 2.75) is 31.2 Å². The number of benzene rings is 1. The largest absolute Gasteiger partial charge is 0.389 e. The Hall–Kier alpha value is -2.02. The highest BCUT2D eigenvalue weighted by molar-refractivity contribution is 14.1. The van der Waals surface area contributed by atoms with Crippen molar-refractivity contribution in [1.82, 2.24) is 24.8 Å². The molecule has 9 nitrogen and oxygen atoms in total. The first-order valence-corrected chi connectivity index (χ1v) is 11.3. The van der Waals surface area contributed by atoms with E-state index in [2.05, 4.69) is 54.2 Å². The molecule has 5 rings (SSSR count). The monoisotopic (exact) mass is 554 g/mol. The molecule has 31 heavy (non-hydrogen) atoms. The number of nitrogens with zero attached hydrogens (tertiary/aromatic N) is 4. The Labute approximate surface area is 196 Å². The Morgan fingerprint density at radius 2 is 2.19 bits per heavy atom. The molecule has 2 fully saturated rings. The van der Waals surface area contributed by atoms with E-state index in [1.807, 2.05) is 18.2 Å². The van der Waals surface area contributed by atoms with E-state index >= 15 is 0 Å². The summed E-state index contributed by atoms with van der Waals surface area (Å²) in [6.45, 7) is 0.527. The smallest absolute Gasteiger partial charge is 0.229 e. The highest BCUT2D eigenvalue weighted by Gasteiger charge is 2.75. The van der Waals surface area contributed by atoms with Crippen LogP contribution in [0, 0.1) is 14.9 Å². The van der Waals surface area contributed by atoms with Crippen LogP contribution in [0.1, 0.15) is 18.0 Å². The molecule has 2 aromatic heterocycles. The van der Waals surface area contributed by atoms with Crippen molar-refractivity contribution in [3.63, 3.8) is 0 Å². The number of anilines is 1. The van der Waals surface area contributed by atoms with Gasteiger partial charge in [0, 0.05) is 23.1 Å². The zero-order chi connectivity index (χ0) is 21.9. The van der Waals surface area contributed by atoms with Crippen LogP contribution in [0.25, 0.3) is 11.2 Å². The molecule has 0 radical (unpaired) electrons. The van der Waals surface area contributed by atoms with Gasteiger partial charge in [-0.25, -0.2) is 4.98 Å². The lowest BCUT2D eigenvalue weighted by molar-refractivity contribution is -0.132. The fourth-order valence-electron chi connectivity index (χ4n) is 4.85. The van der Waals surface area contributed by atoms with Gasteiger partial charge in [-0.05, 0) is 58.3 Å². The maximum atomic E-state index is 12.4. The van der Waals surface area contributed by atoms with Gasteiger partial charge in [-0.3, -0.25) is 4.79 Å². The van der Waals surface area contributed by atoms with E-state index < -0.39 is 23.7 Å². The molecule has 2 aliphatic carbocycles. The van der Waals surface area contributed by atoms with Crippen LogP contribution in [-0.2, 0) is 11.3 Å². The number of halogens is 2. The normalized spacial score (nSPS) is 29.1. The van der Waals surface area contributed by atoms with E-state index in [0.717, 1.165) is 9.13 Å². The molecule has 0 spiro atoms. The third-order valence-corrected chi connectivity index (χ3v) is 7.23. The van der Waals surface area contributed by atoms with Gasteiger partial charge >= 0.3 is 0 Å². The van der Waals surface area contributed by atoms with E-state index in [1.165, 1.54) is 7.05 Å². The molecule has 5 atom stereocenters. The Morgan fingerprint density at radius 3 is 2.94 bits per heavy atom. The number of imidazole rings is 1. The van der Waals surface area contributed by atoms with E-state index in [4.69, 9.17) is 11.6 Å². The molecule has 1 amide bonds. The number of carbonyl (C=O) groups is 1. The molecular weight excluding hydrogens is 535 g/mol. The molecular formula is C20H20ClIN6O3. The number of hydrogen-bond donors (Lipinski definition) is 4. The van der Waals surface area contributed by atoms with Gasteiger partial charge in [0.25, 0.3) is 0 Å². The molecule has 0 bridgehead atoms. The number of hydrogen-bond acceptors (Lipinski definition) is 7. The summed E-state index contributed by atoms with van der Waals surface area (Å²) in [6.07, 6.45) is -0.225. The molecule has 0 saturated heterocycles. The van der Waals surface area contributed by atoms with Crippen molar-refractivity contribution >= 4 is 57.1 Å². The summed E-state index contributed by atoms with van der Waals surface area (Å²) >= 11 is 8.46. The Bertz CT molecular complexity index is 1190. The molecule has 0 aliphatic heterocycles. The summed E-state index contributed by atoms with van der Waals surface area (Å²) in [7, 11) is 1.53. The minimum absolute atomic E-state index is 0.0424. The van der Waals surface area contributed by atoms with Crippen molar-refractivity contribution in [3.8, 4) is 0 Å². The second-order valence-electron chi connectivity index (χ2n) is 8.00. The zero-order valence-electron chi connectivity index (χ0n) is 16.5. The van der Waals surface area contributed by atoms with Gasteiger partial charge in [0.1, 0.15) is 6.10 Å². The molecule has 4 N–H and O–H groups in total. The minimum Gasteiger partial charge on any atom is -0.389 e. The molecule has 0 unspecified atom stereocenters. The fraction of sp³-hybridized carbons (Fsp3) is 0.400. The van der Waals surface area contributed by atoms with E-state index in [-0.39, 0.29) is 17.1 Å². The van der Waals surface area contributed by atoms with Gasteiger partial charge in [0.05, 0.1) is 23.9 Å². The first-order chi connectivity index (χ1) is 14.9. The topological polar surface area (TPSA) is 125 Å². The first kappa shape index (κ1) is 20.9. The highest BCUT2D eigenvalue weighted by atomic mass is 127. The maximum Gasteiger partial charge on any atom is 0.229 e. The fourth-order valence-corrected chi connectivity index (χ4v) is 5.62. The van der Waals surface area contributed by atoms with Crippen molar-refractivity contribution in [3.05, 3.63) is 45.0 Å². The Kier molecular flexibility index (Phi) is 5.07. The average molecular weight is 555 g/mol. The van der Waals surface area contributed by atoms with Crippen LogP contribution in [0.4, 0.5) is 5.82 Å². The number of aromatic nitrogens is 4. The van der Waals surface area contributed by atoms with Crippen molar-refractivity contribution in [1.29, 1.82) is 0 Å². The summed E-state index contributed by atoms with van der Waals surface area (Å²) in [5.74, 6) is 0.00359. The second-order valence-corrected chi connectivity index (χ2v) is 9.59. The zero-order valence-corrected chi connectivity index (χ0v) is 19.4. The first-order valence-electron chi connectivity index (χ1n) is 9.83. The molecule has 11 heteroatoms. The summed E-state index contributed by atoms with van der Waals surface area (Å²) in [4.78, 5) is 25.5. The minimum atomic E-state index is -1.16. The van der Waals surface area contributed by atoms with Gasteiger partial charge < -0.3 is 25.4 Å². The van der Waals surface area contributed by atoms with Gasteiger partial charge in [0.15, 0.2) is 17.0 Å². The summed E-state index contributed by atoms with van der Waals surface area (Å²) in [5, 5.41) is 27.3. The van der Waals surface area contributed by atoms with Gasteiger partial charge in [-0.1, -0.05) is 12.1 Å². The van der Waals surface area contributed by atoms with Crippen LogP contribution < -0.4 is 10.6 Å². The van der Waals surface area contributed by atoms with Gasteiger partial charge in [-0.2, -0.15) is 9.97 Å². The average Bonchev–Trinajstić information content (AvgIpc) is 3.29. The van der Waals surface area contributed by atoms with Crippen LogP contribution >= 0.6 is 34.2 Å². The number of amides is 1. The van der Waals surface area contributed by atoms with Gasteiger partial charge in [-0.15, -0.1) is 0 Å². The number of rotatable bonds is 5. The number of aliphatic hydroxyl groups is 2.